The molecule has 0 N–H and O–H groups in total. The summed E-state index contributed by atoms with van der Waals surface area (Å²) in [5.74, 6) is 0.217. The lowest BCUT2D eigenvalue weighted by Gasteiger charge is -2.38. The standard InChI is InChI=1S/C12H23NO3S2/c1-10(2)12(14)9-15-5-4-6-16-11-7-13(8-11)18(3)17/h10-11H,4-9H2,1-3H3. The number of carbonyl (C=O) groups excluding carboxylic acids is 1. The molecule has 106 valence electrons. The van der Waals surface area contributed by atoms with Crippen LogP contribution in [0.15, 0.2) is 0 Å². The molecule has 4 nitrogen and oxygen atoms in total. The lowest BCUT2D eigenvalue weighted by Crippen LogP contribution is -2.52. The summed E-state index contributed by atoms with van der Waals surface area (Å²) in [7, 11) is -0.0400. The molecule has 1 atom stereocenters. The Hall–Kier alpha value is 0.120. The number of hydrogen-bond acceptors (Lipinski definition) is 4. The van der Waals surface area contributed by atoms with Crippen molar-refractivity contribution in [1.82, 2.24) is 4.31 Å². The molecule has 1 unspecified atom stereocenters. The number of carbonyl (C=O) groups is 1. The Morgan fingerprint density at radius 3 is 2.67 bits per heavy atom. The average molecular weight is 293 g/mol. The van der Waals surface area contributed by atoms with Crippen molar-refractivity contribution in [2.24, 2.45) is 5.92 Å². The van der Waals surface area contributed by atoms with Crippen LogP contribution >= 0.6 is 0 Å². The van der Waals surface area contributed by atoms with Gasteiger partial charge in [-0.3, -0.25) is 4.79 Å². The zero-order valence-electron chi connectivity index (χ0n) is 11.4. The number of rotatable bonds is 9. The van der Waals surface area contributed by atoms with E-state index in [4.69, 9.17) is 20.7 Å². The van der Waals surface area contributed by atoms with Gasteiger partial charge in [0.1, 0.15) is 6.61 Å². The first-order valence-corrected chi connectivity index (χ1v) is 8.82. The second-order valence-corrected chi connectivity index (χ2v) is 7.60. The molecule has 0 radical (unpaired) electrons. The van der Waals surface area contributed by atoms with Crippen LogP contribution in [0, 0.1) is 5.92 Å². The normalized spacial score (nSPS) is 18.9. The van der Waals surface area contributed by atoms with E-state index in [2.05, 4.69) is 4.31 Å². The number of ketones is 1. The van der Waals surface area contributed by atoms with Crippen LogP contribution in [0.1, 0.15) is 20.3 Å². The predicted molar refractivity (Wildman–Crippen MR) is 77.2 cm³/mol. The Kier molecular flexibility index (Phi) is 7.48. The summed E-state index contributed by atoms with van der Waals surface area (Å²) >= 11 is 5.17. The topological polar surface area (TPSA) is 38.8 Å². The van der Waals surface area contributed by atoms with E-state index in [1.165, 1.54) is 0 Å². The van der Waals surface area contributed by atoms with Gasteiger partial charge in [0.2, 0.25) is 0 Å². The molecule has 0 aromatic rings. The highest BCUT2D eigenvalue weighted by atomic mass is 32.8. The Morgan fingerprint density at radius 1 is 1.44 bits per heavy atom. The first-order chi connectivity index (χ1) is 8.50. The van der Waals surface area contributed by atoms with Crippen LogP contribution in [-0.2, 0) is 35.1 Å². The summed E-state index contributed by atoms with van der Waals surface area (Å²) in [6.07, 6.45) is 3.22. The van der Waals surface area contributed by atoms with E-state index in [-0.39, 0.29) is 27.9 Å². The highest BCUT2D eigenvalue weighted by Crippen LogP contribution is 2.13. The molecular formula is C12H23NO3S2. The summed E-state index contributed by atoms with van der Waals surface area (Å²) in [6, 6.07) is 0. The summed E-state index contributed by atoms with van der Waals surface area (Å²) < 4.78 is 13.2. The number of hydrogen-bond donors (Lipinski definition) is 0. The third kappa shape index (κ3) is 5.84. The smallest absolute Gasteiger partial charge is 0.160 e. The minimum absolute atomic E-state index is 0.0400. The van der Waals surface area contributed by atoms with Crippen LogP contribution in [-0.4, -0.2) is 55.4 Å². The Labute approximate surface area is 117 Å². The fourth-order valence-electron chi connectivity index (χ4n) is 1.47. The van der Waals surface area contributed by atoms with Gasteiger partial charge in [0.15, 0.2) is 5.78 Å². The van der Waals surface area contributed by atoms with Crippen molar-refractivity contribution in [3.8, 4) is 0 Å². The lowest BCUT2D eigenvalue weighted by atomic mass is 10.1. The van der Waals surface area contributed by atoms with Gasteiger partial charge in [-0.2, -0.15) is 0 Å². The van der Waals surface area contributed by atoms with Crippen molar-refractivity contribution in [1.29, 1.82) is 0 Å². The molecule has 0 aromatic carbocycles. The molecule has 0 saturated carbocycles. The molecular weight excluding hydrogens is 270 g/mol. The van der Waals surface area contributed by atoms with E-state index in [1.807, 2.05) is 20.1 Å². The summed E-state index contributed by atoms with van der Waals surface area (Å²) in [5, 5.41) is 0. The molecule has 1 heterocycles. The predicted octanol–water partition coefficient (Wildman–Crippen LogP) is 0.944. The molecule has 1 aliphatic rings. The Balaban J connectivity index is 1.88. The lowest BCUT2D eigenvalue weighted by molar-refractivity contribution is -0.126. The molecule has 18 heavy (non-hydrogen) atoms. The van der Waals surface area contributed by atoms with Crippen LogP contribution in [0.3, 0.4) is 0 Å². The minimum Gasteiger partial charge on any atom is -0.375 e. The average Bonchev–Trinajstić information content (AvgIpc) is 2.23. The van der Waals surface area contributed by atoms with Gasteiger partial charge in [-0.1, -0.05) is 23.5 Å². The summed E-state index contributed by atoms with van der Waals surface area (Å²) in [6.45, 7) is 7.20. The van der Waals surface area contributed by atoms with Crippen LogP contribution in [0.2, 0.25) is 0 Å². The molecule has 1 aliphatic heterocycles. The molecule has 0 bridgehead atoms. The van der Waals surface area contributed by atoms with E-state index in [1.54, 1.807) is 0 Å². The van der Waals surface area contributed by atoms with Gasteiger partial charge in [0.05, 0.1) is 6.10 Å². The van der Waals surface area contributed by atoms with Crippen molar-refractivity contribution in [3.63, 3.8) is 0 Å². The minimum atomic E-state index is -0.0400. The summed E-state index contributed by atoms with van der Waals surface area (Å²) in [5.41, 5.74) is 0. The number of Topliss-reactive ketones (excluding diaryl/α,β-unsaturated/α-hetero) is 1. The number of nitrogens with zero attached hydrogens (tertiary/aromatic N) is 1. The van der Waals surface area contributed by atoms with Crippen LogP contribution in [0.25, 0.3) is 0 Å². The molecule has 1 saturated heterocycles. The first-order valence-electron chi connectivity index (χ1n) is 6.31. The zero-order valence-corrected chi connectivity index (χ0v) is 13.0. The van der Waals surface area contributed by atoms with Crippen molar-refractivity contribution >= 4 is 26.6 Å². The van der Waals surface area contributed by atoms with Gasteiger partial charge in [0.25, 0.3) is 0 Å². The van der Waals surface area contributed by atoms with E-state index >= 15 is 0 Å². The van der Waals surface area contributed by atoms with E-state index in [9.17, 15) is 4.79 Å². The second-order valence-electron chi connectivity index (χ2n) is 4.79. The van der Waals surface area contributed by atoms with Gasteiger partial charge in [-0.15, -0.1) is 0 Å². The molecule has 0 amide bonds. The van der Waals surface area contributed by atoms with Crippen molar-refractivity contribution < 1.29 is 14.3 Å². The van der Waals surface area contributed by atoms with Crippen molar-refractivity contribution in [2.75, 3.05) is 39.2 Å². The largest absolute Gasteiger partial charge is 0.375 e. The monoisotopic (exact) mass is 293 g/mol. The van der Waals surface area contributed by atoms with Gasteiger partial charge < -0.3 is 9.47 Å². The van der Waals surface area contributed by atoms with E-state index in [0.717, 1.165) is 19.5 Å². The maximum atomic E-state index is 11.3. The zero-order chi connectivity index (χ0) is 13.5. The number of ether oxygens (including phenoxy) is 2. The van der Waals surface area contributed by atoms with Gasteiger partial charge in [-0.25, -0.2) is 4.31 Å². The molecule has 6 heteroatoms. The molecule has 1 rings (SSSR count). The SMILES string of the molecule is CC(C)C(=O)COCCCOC1CN(S(C)=S)C1. The second kappa shape index (κ2) is 8.32. The maximum Gasteiger partial charge on any atom is 0.160 e. The fraction of sp³-hybridized carbons (Fsp3) is 0.917. The van der Waals surface area contributed by atoms with Crippen molar-refractivity contribution in [2.45, 2.75) is 26.4 Å². The van der Waals surface area contributed by atoms with Crippen LogP contribution in [0.5, 0.6) is 0 Å². The van der Waals surface area contributed by atoms with Gasteiger partial charge >= 0.3 is 0 Å². The van der Waals surface area contributed by atoms with Crippen LogP contribution < -0.4 is 0 Å². The Morgan fingerprint density at radius 2 is 2.11 bits per heavy atom. The van der Waals surface area contributed by atoms with Gasteiger partial charge in [-0.05, 0) is 17.6 Å². The highest BCUT2D eigenvalue weighted by molar-refractivity contribution is 8.27. The van der Waals surface area contributed by atoms with E-state index < -0.39 is 0 Å². The van der Waals surface area contributed by atoms with Crippen LogP contribution in [0.4, 0.5) is 0 Å². The van der Waals surface area contributed by atoms with E-state index in [0.29, 0.717) is 19.3 Å². The molecule has 0 aromatic heterocycles. The molecule has 1 fully saturated rings. The third-order valence-electron chi connectivity index (χ3n) is 2.85. The maximum absolute atomic E-state index is 11.3. The quantitative estimate of drug-likeness (QED) is 0.592. The third-order valence-corrected chi connectivity index (χ3v) is 4.51. The molecule has 0 aliphatic carbocycles. The summed E-state index contributed by atoms with van der Waals surface area (Å²) in [4.78, 5) is 11.3. The highest BCUT2D eigenvalue weighted by Gasteiger charge is 2.27. The van der Waals surface area contributed by atoms with Crippen molar-refractivity contribution in [3.05, 3.63) is 0 Å². The van der Waals surface area contributed by atoms with Gasteiger partial charge in [0, 0.05) is 38.5 Å². The fourth-order valence-corrected chi connectivity index (χ4v) is 2.58. The molecule has 0 spiro atoms. The Bertz CT molecular complexity index is 291. The first kappa shape index (κ1) is 16.2.